The van der Waals surface area contributed by atoms with Gasteiger partial charge in [-0.25, -0.2) is 9.59 Å². The Morgan fingerprint density at radius 2 is 1.50 bits per heavy atom. The lowest BCUT2D eigenvalue weighted by molar-refractivity contribution is -0.114. The second-order valence-electron chi connectivity index (χ2n) is 7.60. The minimum Gasteiger partial charge on any atom is -0.443 e. The van der Waals surface area contributed by atoms with Crippen LogP contribution >= 0.6 is 0 Å². The van der Waals surface area contributed by atoms with Crippen LogP contribution in [-0.2, 0) is 14.3 Å². The van der Waals surface area contributed by atoms with Crippen molar-refractivity contribution in [2.24, 2.45) is 5.73 Å². The molecule has 0 unspecified atom stereocenters. The molecule has 3 N–H and O–H groups in total. The van der Waals surface area contributed by atoms with E-state index in [-0.39, 0.29) is 12.2 Å². The van der Waals surface area contributed by atoms with Crippen molar-refractivity contribution in [1.82, 2.24) is 0 Å². The highest BCUT2D eigenvalue weighted by atomic mass is 16.6. The monoisotopic (exact) mass is 365 g/mol. The van der Waals surface area contributed by atoms with Gasteiger partial charge in [-0.1, -0.05) is 6.07 Å². The summed E-state index contributed by atoms with van der Waals surface area (Å²) in [6, 6.07) is 6.19. The number of anilines is 2. The van der Waals surface area contributed by atoms with Gasteiger partial charge in [0.2, 0.25) is 5.91 Å². The van der Waals surface area contributed by atoms with Gasteiger partial charge in [0.1, 0.15) is 11.2 Å². The fourth-order valence-corrected chi connectivity index (χ4v) is 1.84. The Balaban J connectivity index is 3.23. The second kappa shape index (κ2) is 8.18. The van der Waals surface area contributed by atoms with Crippen LogP contribution in [0.3, 0.4) is 0 Å². The summed E-state index contributed by atoms with van der Waals surface area (Å²) < 4.78 is 10.6. The van der Waals surface area contributed by atoms with Gasteiger partial charge >= 0.3 is 12.2 Å². The van der Waals surface area contributed by atoms with Crippen molar-refractivity contribution in [3.05, 3.63) is 24.3 Å². The normalized spacial score (nSPS) is 11.5. The molecule has 1 aromatic carbocycles. The Bertz CT molecular complexity index is 646. The molecule has 1 aromatic rings. The molecular weight excluding hydrogens is 338 g/mol. The average Bonchev–Trinajstić information content (AvgIpc) is 2.43. The second-order valence-corrected chi connectivity index (χ2v) is 7.60. The van der Waals surface area contributed by atoms with Gasteiger partial charge in [0.05, 0.1) is 12.2 Å². The summed E-state index contributed by atoms with van der Waals surface area (Å²) in [6.07, 6.45) is -1.76. The molecule has 1 rings (SSSR count). The first-order valence-corrected chi connectivity index (χ1v) is 8.18. The highest BCUT2D eigenvalue weighted by Gasteiger charge is 2.32. The van der Waals surface area contributed by atoms with Crippen LogP contribution in [0.15, 0.2) is 24.3 Å². The molecule has 0 aliphatic carbocycles. The maximum Gasteiger partial charge on any atom is 0.424 e. The third kappa shape index (κ3) is 7.10. The SMILES string of the molecule is CC(C)(C)OC(=O)N(C(=O)OC(C)(C)C)c1cccc(NC(=O)CN)c1. The zero-order chi connectivity index (χ0) is 20.1. The number of nitrogens with zero attached hydrogens (tertiary/aromatic N) is 1. The Morgan fingerprint density at radius 3 is 1.92 bits per heavy atom. The van der Waals surface area contributed by atoms with Crippen molar-refractivity contribution >= 4 is 29.5 Å². The molecule has 144 valence electrons. The van der Waals surface area contributed by atoms with E-state index in [2.05, 4.69) is 5.32 Å². The number of carbonyl (C=O) groups excluding carboxylic acids is 3. The van der Waals surface area contributed by atoms with Gasteiger partial charge in [-0.05, 0) is 59.7 Å². The van der Waals surface area contributed by atoms with E-state index in [9.17, 15) is 14.4 Å². The molecule has 0 aliphatic rings. The van der Waals surface area contributed by atoms with Crippen LogP contribution in [0.25, 0.3) is 0 Å². The van der Waals surface area contributed by atoms with E-state index < -0.39 is 29.3 Å². The largest absolute Gasteiger partial charge is 0.443 e. The molecule has 8 heteroatoms. The predicted octanol–water partition coefficient (Wildman–Crippen LogP) is 3.26. The summed E-state index contributed by atoms with van der Waals surface area (Å²) >= 11 is 0. The van der Waals surface area contributed by atoms with E-state index >= 15 is 0 Å². The molecule has 0 fully saturated rings. The third-order valence-corrected chi connectivity index (χ3v) is 2.73. The van der Waals surface area contributed by atoms with Gasteiger partial charge in [-0.3, -0.25) is 4.79 Å². The molecule has 26 heavy (non-hydrogen) atoms. The molecule has 0 saturated heterocycles. The highest BCUT2D eigenvalue weighted by molar-refractivity contribution is 6.10. The van der Waals surface area contributed by atoms with Gasteiger partial charge in [-0.2, -0.15) is 4.90 Å². The maximum atomic E-state index is 12.6. The number of carbonyl (C=O) groups is 3. The van der Waals surface area contributed by atoms with Crippen molar-refractivity contribution in [2.75, 3.05) is 16.8 Å². The average molecular weight is 365 g/mol. The summed E-state index contributed by atoms with van der Waals surface area (Å²) in [5, 5.41) is 2.57. The van der Waals surface area contributed by atoms with Crippen molar-refractivity contribution in [3.8, 4) is 0 Å². The minimum atomic E-state index is -0.881. The smallest absolute Gasteiger partial charge is 0.424 e. The summed E-state index contributed by atoms with van der Waals surface area (Å²) in [7, 11) is 0. The first-order chi connectivity index (χ1) is 11.8. The molecule has 0 atom stereocenters. The summed E-state index contributed by atoms with van der Waals surface area (Å²) in [5.74, 6) is -0.400. The summed E-state index contributed by atoms with van der Waals surface area (Å²) in [5.41, 5.74) is 4.26. The first kappa shape index (κ1) is 21.4. The van der Waals surface area contributed by atoms with Crippen LogP contribution in [0, 0.1) is 0 Å². The van der Waals surface area contributed by atoms with E-state index in [1.54, 1.807) is 53.7 Å². The van der Waals surface area contributed by atoms with E-state index in [1.165, 1.54) is 12.1 Å². The fourth-order valence-electron chi connectivity index (χ4n) is 1.84. The van der Waals surface area contributed by atoms with Crippen molar-refractivity contribution in [2.45, 2.75) is 52.7 Å². The van der Waals surface area contributed by atoms with E-state index in [0.29, 0.717) is 5.69 Å². The van der Waals surface area contributed by atoms with Gasteiger partial charge < -0.3 is 20.5 Å². The van der Waals surface area contributed by atoms with Crippen LogP contribution < -0.4 is 16.0 Å². The van der Waals surface area contributed by atoms with Gasteiger partial charge in [-0.15, -0.1) is 0 Å². The topological polar surface area (TPSA) is 111 Å². The number of hydrogen-bond donors (Lipinski definition) is 2. The van der Waals surface area contributed by atoms with Crippen molar-refractivity contribution in [1.29, 1.82) is 0 Å². The van der Waals surface area contributed by atoms with Crippen LogP contribution in [0.2, 0.25) is 0 Å². The number of ether oxygens (including phenoxy) is 2. The number of benzene rings is 1. The molecular formula is C18H27N3O5. The first-order valence-electron chi connectivity index (χ1n) is 8.18. The standard InChI is InChI=1S/C18H27N3O5/c1-17(2,3)25-15(23)21(16(24)26-18(4,5)6)13-9-7-8-12(10-13)20-14(22)11-19/h7-10H,11,19H2,1-6H3,(H,20,22). The molecule has 3 amide bonds. The molecule has 0 bridgehead atoms. The number of hydrogen-bond acceptors (Lipinski definition) is 6. The Labute approximate surface area is 153 Å². The molecule has 0 radical (unpaired) electrons. The van der Waals surface area contributed by atoms with Crippen LogP contribution in [0.1, 0.15) is 41.5 Å². The van der Waals surface area contributed by atoms with Gasteiger partial charge in [0.25, 0.3) is 0 Å². The van der Waals surface area contributed by atoms with Gasteiger partial charge in [0, 0.05) is 5.69 Å². The van der Waals surface area contributed by atoms with Gasteiger partial charge in [0.15, 0.2) is 0 Å². The predicted molar refractivity (Wildman–Crippen MR) is 99.1 cm³/mol. The maximum absolute atomic E-state index is 12.6. The van der Waals surface area contributed by atoms with Crippen molar-refractivity contribution < 1.29 is 23.9 Å². The van der Waals surface area contributed by atoms with Crippen LogP contribution in [-0.4, -0.2) is 35.8 Å². The number of nitrogens with two attached hydrogens (primary N) is 1. The van der Waals surface area contributed by atoms with Crippen LogP contribution in [0.4, 0.5) is 21.0 Å². The molecule has 0 heterocycles. The number of rotatable bonds is 3. The quantitative estimate of drug-likeness (QED) is 0.850. The Kier molecular flexibility index (Phi) is 6.74. The van der Waals surface area contributed by atoms with E-state index in [0.717, 1.165) is 4.90 Å². The summed E-state index contributed by atoms with van der Waals surface area (Å²) in [6.45, 7) is 9.95. The molecule has 8 nitrogen and oxygen atoms in total. The zero-order valence-corrected chi connectivity index (χ0v) is 16.1. The van der Waals surface area contributed by atoms with E-state index in [4.69, 9.17) is 15.2 Å². The lowest BCUT2D eigenvalue weighted by Gasteiger charge is -2.28. The Morgan fingerprint density at radius 1 is 1.00 bits per heavy atom. The number of amides is 3. The Hall–Kier alpha value is -2.61. The lowest BCUT2D eigenvalue weighted by Crippen LogP contribution is -2.43. The van der Waals surface area contributed by atoms with E-state index in [1.807, 2.05) is 0 Å². The zero-order valence-electron chi connectivity index (χ0n) is 16.1. The number of nitrogens with one attached hydrogen (secondary N) is 1. The molecule has 0 aliphatic heterocycles. The fraction of sp³-hybridized carbons (Fsp3) is 0.500. The molecule has 0 saturated carbocycles. The molecule has 0 spiro atoms. The third-order valence-electron chi connectivity index (χ3n) is 2.73. The lowest BCUT2D eigenvalue weighted by atomic mass is 10.2. The van der Waals surface area contributed by atoms with Crippen molar-refractivity contribution in [3.63, 3.8) is 0 Å². The molecule has 0 aromatic heterocycles. The minimum absolute atomic E-state index is 0.188. The highest BCUT2D eigenvalue weighted by Crippen LogP contribution is 2.24. The van der Waals surface area contributed by atoms with Crippen LogP contribution in [0.5, 0.6) is 0 Å². The number of imide groups is 1. The summed E-state index contributed by atoms with van der Waals surface area (Å²) in [4.78, 5) is 37.4.